The second kappa shape index (κ2) is 9.47. The lowest BCUT2D eigenvalue weighted by molar-refractivity contribution is -0.127. The molecule has 0 unspecified atom stereocenters. The third kappa shape index (κ3) is 6.04. The van der Waals surface area contributed by atoms with E-state index in [0.29, 0.717) is 36.5 Å². The van der Waals surface area contributed by atoms with Crippen molar-refractivity contribution in [2.24, 2.45) is 5.92 Å². The first-order chi connectivity index (χ1) is 14.6. The number of nitrogens with one attached hydrogen (secondary N) is 2. The SMILES string of the molecule is Cc1nc(-c2ccccc2)sc1C(=O)NNC(=O)C1CCN(C(=O)OC(C)(C)C)CC1. The number of aryl methyl sites for hydroxylation is 1. The predicted octanol–water partition coefficient (Wildman–Crippen LogP) is 3.53. The third-order valence-corrected chi connectivity index (χ3v) is 6.05. The van der Waals surface area contributed by atoms with Crippen molar-refractivity contribution in [2.45, 2.75) is 46.1 Å². The minimum atomic E-state index is -0.551. The van der Waals surface area contributed by atoms with Gasteiger partial charge in [0.15, 0.2) is 0 Å². The van der Waals surface area contributed by atoms with Gasteiger partial charge in [-0.25, -0.2) is 9.78 Å². The first-order valence-electron chi connectivity index (χ1n) is 10.2. The molecule has 3 amide bonds. The van der Waals surface area contributed by atoms with Crippen LogP contribution in [0.2, 0.25) is 0 Å². The van der Waals surface area contributed by atoms with Crippen molar-refractivity contribution >= 4 is 29.2 Å². The molecule has 0 radical (unpaired) electrons. The molecular weight excluding hydrogens is 416 g/mol. The summed E-state index contributed by atoms with van der Waals surface area (Å²) in [7, 11) is 0. The lowest BCUT2D eigenvalue weighted by Gasteiger charge is -2.32. The average Bonchev–Trinajstić information content (AvgIpc) is 3.13. The molecule has 0 spiro atoms. The molecule has 0 aliphatic carbocycles. The molecule has 0 atom stereocenters. The molecule has 9 heteroatoms. The molecule has 31 heavy (non-hydrogen) atoms. The zero-order chi connectivity index (χ0) is 22.6. The molecule has 8 nitrogen and oxygen atoms in total. The number of piperidine rings is 1. The van der Waals surface area contributed by atoms with Crippen LogP contribution in [0, 0.1) is 12.8 Å². The Kier molecular flexibility index (Phi) is 6.94. The summed E-state index contributed by atoms with van der Waals surface area (Å²) in [4.78, 5) is 43.7. The van der Waals surface area contributed by atoms with E-state index in [4.69, 9.17) is 4.74 Å². The first-order valence-corrected chi connectivity index (χ1v) is 11.1. The van der Waals surface area contributed by atoms with E-state index in [2.05, 4.69) is 15.8 Å². The fourth-order valence-corrected chi connectivity index (χ4v) is 4.21. The summed E-state index contributed by atoms with van der Waals surface area (Å²) in [6.07, 6.45) is 0.659. The van der Waals surface area contributed by atoms with Crippen LogP contribution in [0.15, 0.2) is 30.3 Å². The number of nitrogens with zero attached hydrogens (tertiary/aromatic N) is 2. The Morgan fingerprint density at radius 2 is 1.74 bits per heavy atom. The van der Waals surface area contributed by atoms with Gasteiger partial charge in [-0.15, -0.1) is 11.3 Å². The standard InChI is InChI=1S/C22H28N4O4S/c1-14-17(31-20(23-14)16-8-6-5-7-9-16)19(28)25-24-18(27)15-10-12-26(13-11-15)21(29)30-22(2,3)4/h5-9,15H,10-13H2,1-4H3,(H,24,27)(H,25,28). The fourth-order valence-electron chi connectivity index (χ4n) is 3.24. The highest BCUT2D eigenvalue weighted by Gasteiger charge is 2.30. The lowest BCUT2D eigenvalue weighted by atomic mass is 9.96. The van der Waals surface area contributed by atoms with Crippen molar-refractivity contribution in [3.05, 3.63) is 40.9 Å². The van der Waals surface area contributed by atoms with Gasteiger partial charge in [0.2, 0.25) is 5.91 Å². The number of carbonyl (C=O) groups excluding carboxylic acids is 3. The van der Waals surface area contributed by atoms with Crippen molar-refractivity contribution in [1.29, 1.82) is 0 Å². The Morgan fingerprint density at radius 3 is 2.35 bits per heavy atom. The molecule has 1 aromatic carbocycles. The van der Waals surface area contributed by atoms with Crippen LogP contribution in [0.1, 0.15) is 49.0 Å². The van der Waals surface area contributed by atoms with Crippen molar-refractivity contribution in [2.75, 3.05) is 13.1 Å². The van der Waals surface area contributed by atoms with Crippen molar-refractivity contribution in [1.82, 2.24) is 20.7 Å². The normalized spacial score (nSPS) is 14.8. The van der Waals surface area contributed by atoms with Gasteiger partial charge in [0, 0.05) is 24.6 Å². The van der Waals surface area contributed by atoms with Crippen molar-refractivity contribution < 1.29 is 19.1 Å². The number of thiazole rings is 1. The number of likely N-dealkylation sites (tertiary alicyclic amines) is 1. The molecule has 2 heterocycles. The van der Waals surface area contributed by atoms with E-state index < -0.39 is 11.5 Å². The summed E-state index contributed by atoms with van der Waals surface area (Å²) in [6.45, 7) is 8.11. The van der Waals surface area contributed by atoms with Crippen molar-refractivity contribution in [3.63, 3.8) is 0 Å². The van der Waals surface area contributed by atoms with Crippen LogP contribution < -0.4 is 10.9 Å². The smallest absolute Gasteiger partial charge is 0.410 e. The summed E-state index contributed by atoms with van der Waals surface area (Å²) in [5.74, 6) is -0.930. The number of amides is 3. The molecular formula is C22H28N4O4S. The highest BCUT2D eigenvalue weighted by molar-refractivity contribution is 7.17. The lowest BCUT2D eigenvalue weighted by Crippen LogP contribution is -2.48. The molecule has 0 bridgehead atoms. The maximum absolute atomic E-state index is 12.5. The maximum atomic E-state index is 12.5. The van der Waals surface area contributed by atoms with Gasteiger partial charge < -0.3 is 9.64 Å². The number of ether oxygens (including phenoxy) is 1. The molecule has 166 valence electrons. The van der Waals surface area contributed by atoms with E-state index in [-0.39, 0.29) is 17.9 Å². The summed E-state index contributed by atoms with van der Waals surface area (Å²) < 4.78 is 5.37. The molecule has 1 aliphatic heterocycles. The monoisotopic (exact) mass is 444 g/mol. The third-order valence-electron chi connectivity index (χ3n) is 4.84. The Hall–Kier alpha value is -2.94. The van der Waals surface area contributed by atoms with Gasteiger partial charge >= 0.3 is 6.09 Å². The molecule has 3 rings (SSSR count). The second-order valence-corrected chi connectivity index (χ2v) is 9.48. The topological polar surface area (TPSA) is 101 Å². The van der Waals surface area contributed by atoms with Gasteiger partial charge in [-0.1, -0.05) is 30.3 Å². The summed E-state index contributed by atoms with van der Waals surface area (Å²) in [5.41, 5.74) is 6.01. The molecule has 0 saturated carbocycles. The average molecular weight is 445 g/mol. The largest absolute Gasteiger partial charge is 0.444 e. The quantitative estimate of drug-likeness (QED) is 0.706. The zero-order valence-electron chi connectivity index (χ0n) is 18.2. The van der Waals surface area contributed by atoms with E-state index in [0.717, 1.165) is 10.6 Å². The van der Waals surface area contributed by atoms with E-state index in [1.54, 1.807) is 11.8 Å². The number of carbonyl (C=O) groups is 3. The number of hydrogen-bond donors (Lipinski definition) is 2. The molecule has 1 aromatic heterocycles. The van der Waals surface area contributed by atoms with Crippen LogP contribution in [0.3, 0.4) is 0 Å². The van der Waals surface area contributed by atoms with Gasteiger partial charge in [-0.3, -0.25) is 20.4 Å². The number of rotatable bonds is 3. The second-order valence-electron chi connectivity index (χ2n) is 8.48. The first kappa shape index (κ1) is 22.7. The molecule has 2 N–H and O–H groups in total. The molecule has 2 aromatic rings. The van der Waals surface area contributed by atoms with Crippen LogP contribution in [0.5, 0.6) is 0 Å². The Morgan fingerprint density at radius 1 is 1.10 bits per heavy atom. The zero-order valence-corrected chi connectivity index (χ0v) is 19.0. The summed E-state index contributed by atoms with van der Waals surface area (Å²) in [5, 5.41) is 0.754. The van der Waals surface area contributed by atoms with E-state index in [9.17, 15) is 14.4 Å². The fraction of sp³-hybridized carbons (Fsp3) is 0.455. The minimum absolute atomic E-state index is 0.261. The molecule has 1 fully saturated rings. The van der Waals surface area contributed by atoms with Crippen LogP contribution in [-0.2, 0) is 9.53 Å². The highest BCUT2D eigenvalue weighted by atomic mass is 32.1. The van der Waals surface area contributed by atoms with Crippen LogP contribution in [0.4, 0.5) is 4.79 Å². The van der Waals surface area contributed by atoms with Gasteiger partial charge in [-0.05, 0) is 40.5 Å². The predicted molar refractivity (Wildman–Crippen MR) is 118 cm³/mol. The summed E-state index contributed by atoms with van der Waals surface area (Å²) >= 11 is 1.28. The van der Waals surface area contributed by atoms with Gasteiger partial charge in [-0.2, -0.15) is 0 Å². The van der Waals surface area contributed by atoms with Crippen LogP contribution >= 0.6 is 11.3 Å². The maximum Gasteiger partial charge on any atom is 0.410 e. The Labute approximate surface area is 186 Å². The number of hydrogen-bond acceptors (Lipinski definition) is 6. The van der Waals surface area contributed by atoms with Gasteiger partial charge in [0.25, 0.3) is 5.91 Å². The Balaban J connectivity index is 1.50. The summed E-state index contributed by atoms with van der Waals surface area (Å²) in [6, 6.07) is 9.63. The number of aromatic nitrogens is 1. The van der Waals surface area contributed by atoms with E-state index >= 15 is 0 Å². The Bertz CT molecular complexity index is 944. The van der Waals surface area contributed by atoms with Gasteiger partial charge in [0.1, 0.15) is 15.5 Å². The number of benzene rings is 1. The minimum Gasteiger partial charge on any atom is -0.444 e. The molecule has 1 aliphatic rings. The van der Waals surface area contributed by atoms with Crippen molar-refractivity contribution in [3.8, 4) is 10.6 Å². The highest BCUT2D eigenvalue weighted by Crippen LogP contribution is 2.27. The molecule has 1 saturated heterocycles. The van der Waals surface area contributed by atoms with Crippen LogP contribution in [0.25, 0.3) is 10.6 Å². The van der Waals surface area contributed by atoms with E-state index in [1.165, 1.54) is 11.3 Å². The number of hydrazine groups is 1. The van der Waals surface area contributed by atoms with Gasteiger partial charge in [0.05, 0.1) is 5.69 Å². The van der Waals surface area contributed by atoms with Crippen LogP contribution in [-0.4, -0.2) is 46.5 Å². The van der Waals surface area contributed by atoms with E-state index in [1.807, 2.05) is 51.1 Å².